The second kappa shape index (κ2) is 6.35. The van der Waals surface area contributed by atoms with Crippen molar-refractivity contribution in [3.63, 3.8) is 0 Å². The van der Waals surface area contributed by atoms with Crippen LogP contribution in [0.1, 0.15) is 77.0 Å². The molecule has 2 aliphatic rings. The molecule has 0 heterocycles. The molecule has 0 aromatic rings. The van der Waals surface area contributed by atoms with Crippen LogP contribution < -0.4 is 0 Å². The lowest BCUT2D eigenvalue weighted by Crippen LogP contribution is -1.84. The summed E-state index contributed by atoms with van der Waals surface area (Å²) in [5.74, 6) is 1.02. The van der Waals surface area contributed by atoms with E-state index in [0.29, 0.717) is 0 Å². The molecule has 15 heavy (non-hydrogen) atoms. The molecule has 0 aromatic heterocycles. The molecule has 2 rings (SSSR count). The number of rotatable bonds is 0. The van der Waals surface area contributed by atoms with Crippen molar-refractivity contribution in [1.82, 2.24) is 0 Å². The first-order valence-electron chi connectivity index (χ1n) is 7.16. The average molecular weight is 206 g/mol. The topological polar surface area (TPSA) is 0 Å². The normalized spacial score (nSPS) is 29.9. The van der Waals surface area contributed by atoms with E-state index in [0.717, 1.165) is 5.92 Å². The smallest absolute Gasteiger partial charge is 0.0166 e. The zero-order chi connectivity index (χ0) is 10.3. The molecular formula is C15H26. The second-order valence-corrected chi connectivity index (χ2v) is 5.44. The van der Waals surface area contributed by atoms with Crippen LogP contribution in [-0.2, 0) is 0 Å². The number of allylic oxidation sites excluding steroid dienone is 2. The van der Waals surface area contributed by atoms with E-state index in [9.17, 15) is 0 Å². The van der Waals surface area contributed by atoms with Gasteiger partial charge in [0.15, 0.2) is 0 Å². The Bertz CT molecular complexity index is 202. The van der Waals surface area contributed by atoms with Gasteiger partial charge in [0.25, 0.3) is 0 Å². The van der Waals surface area contributed by atoms with Crippen molar-refractivity contribution in [1.29, 1.82) is 0 Å². The molecule has 86 valence electrons. The predicted octanol–water partition coefficient (Wildman–Crippen LogP) is 5.24. The van der Waals surface area contributed by atoms with E-state index in [1.54, 1.807) is 5.57 Å². The van der Waals surface area contributed by atoms with Gasteiger partial charge in [-0.3, -0.25) is 0 Å². The minimum Gasteiger partial charge on any atom is -0.0850 e. The molecule has 0 saturated heterocycles. The van der Waals surface area contributed by atoms with Crippen LogP contribution in [0.2, 0.25) is 0 Å². The lowest BCUT2D eigenvalue weighted by atomic mass is 10.0. The van der Waals surface area contributed by atoms with E-state index in [2.05, 4.69) is 6.08 Å². The average Bonchev–Trinajstić information content (AvgIpc) is 2.98. The predicted molar refractivity (Wildman–Crippen MR) is 67.0 cm³/mol. The highest BCUT2D eigenvalue weighted by Gasteiger charge is 2.27. The Hall–Kier alpha value is -0.260. The van der Waals surface area contributed by atoms with Crippen LogP contribution in [0.15, 0.2) is 11.6 Å². The standard InChI is InChI=1S/C15H26/c1-2-4-6-8-10-12-15-13-14(15)11-9-7-5-3-1/h11,15H,1-10,12-13H2. The minimum absolute atomic E-state index is 1.02. The van der Waals surface area contributed by atoms with E-state index in [1.807, 2.05) is 0 Å². The Morgan fingerprint density at radius 2 is 1.33 bits per heavy atom. The highest BCUT2D eigenvalue weighted by molar-refractivity contribution is 5.22. The SMILES string of the molecule is C1=C2CC2CCCCCCCCCCC1. The molecule has 0 aromatic carbocycles. The van der Waals surface area contributed by atoms with Crippen LogP contribution in [0.3, 0.4) is 0 Å². The number of hydrogen-bond acceptors (Lipinski definition) is 0. The van der Waals surface area contributed by atoms with Gasteiger partial charge < -0.3 is 0 Å². The van der Waals surface area contributed by atoms with Gasteiger partial charge in [-0.1, -0.05) is 63.0 Å². The summed E-state index contributed by atoms with van der Waals surface area (Å²) in [7, 11) is 0. The number of fused-ring (bicyclic) bond motifs is 1. The summed E-state index contributed by atoms with van der Waals surface area (Å²) in [4.78, 5) is 0. The molecule has 1 fully saturated rings. The molecule has 1 unspecified atom stereocenters. The van der Waals surface area contributed by atoms with Crippen LogP contribution in [0.5, 0.6) is 0 Å². The maximum atomic E-state index is 2.55. The van der Waals surface area contributed by atoms with Crippen molar-refractivity contribution >= 4 is 0 Å². The summed E-state index contributed by atoms with van der Waals surface area (Å²) >= 11 is 0. The third-order valence-electron chi connectivity index (χ3n) is 4.01. The third kappa shape index (κ3) is 4.40. The first-order chi connectivity index (χ1) is 7.47. The van der Waals surface area contributed by atoms with Crippen molar-refractivity contribution in [3.05, 3.63) is 11.6 Å². The van der Waals surface area contributed by atoms with Crippen LogP contribution in [0.4, 0.5) is 0 Å². The fraction of sp³-hybridized carbons (Fsp3) is 0.867. The van der Waals surface area contributed by atoms with Gasteiger partial charge in [0.05, 0.1) is 0 Å². The van der Waals surface area contributed by atoms with Crippen LogP contribution in [0.25, 0.3) is 0 Å². The molecule has 0 amide bonds. The van der Waals surface area contributed by atoms with Gasteiger partial charge in [-0.05, 0) is 31.6 Å². The van der Waals surface area contributed by atoms with E-state index in [1.165, 1.54) is 77.0 Å². The zero-order valence-electron chi connectivity index (χ0n) is 10.1. The van der Waals surface area contributed by atoms with Gasteiger partial charge in [-0.25, -0.2) is 0 Å². The Balaban J connectivity index is 1.69. The molecule has 0 spiro atoms. The van der Waals surface area contributed by atoms with Crippen molar-refractivity contribution in [2.75, 3.05) is 0 Å². The largest absolute Gasteiger partial charge is 0.0850 e. The lowest BCUT2D eigenvalue weighted by molar-refractivity contribution is 0.542. The Labute approximate surface area is 95.1 Å². The van der Waals surface area contributed by atoms with Crippen molar-refractivity contribution in [3.8, 4) is 0 Å². The fourth-order valence-corrected chi connectivity index (χ4v) is 2.82. The maximum absolute atomic E-state index is 2.55. The van der Waals surface area contributed by atoms with Crippen LogP contribution in [0, 0.1) is 5.92 Å². The van der Waals surface area contributed by atoms with E-state index < -0.39 is 0 Å². The Morgan fingerprint density at radius 3 is 2.07 bits per heavy atom. The quantitative estimate of drug-likeness (QED) is 0.476. The van der Waals surface area contributed by atoms with Gasteiger partial charge in [-0.2, -0.15) is 0 Å². The summed E-state index contributed by atoms with van der Waals surface area (Å²) in [6.45, 7) is 0. The summed E-state index contributed by atoms with van der Waals surface area (Å²) in [6, 6.07) is 0. The first kappa shape index (κ1) is 11.2. The molecule has 0 N–H and O–H groups in total. The fourth-order valence-electron chi connectivity index (χ4n) is 2.82. The highest BCUT2D eigenvalue weighted by atomic mass is 14.3. The second-order valence-electron chi connectivity index (χ2n) is 5.44. The maximum Gasteiger partial charge on any atom is -0.0166 e. The summed E-state index contributed by atoms with van der Waals surface area (Å²) in [6.07, 6.45) is 20.2. The molecule has 0 heteroatoms. The Morgan fingerprint density at radius 1 is 0.733 bits per heavy atom. The highest BCUT2D eigenvalue weighted by Crippen LogP contribution is 2.42. The molecule has 2 aliphatic carbocycles. The summed E-state index contributed by atoms with van der Waals surface area (Å²) in [5.41, 5.74) is 1.80. The summed E-state index contributed by atoms with van der Waals surface area (Å²) in [5, 5.41) is 0. The van der Waals surface area contributed by atoms with Crippen molar-refractivity contribution in [2.45, 2.75) is 77.0 Å². The van der Waals surface area contributed by atoms with Gasteiger partial charge in [0.1, 0.15) is 0 Å². The lowest BCUT2D eigenvalue weighted by Gasteiger charge is -2.03. The minimum atomic E-state index is 1.02. The van der Waals surface area contributed by atoms with Crippen LogP contribution >= 0.6 is 0 Å². The first-order valence-corrected chi connectivity index (χ1v) is 7.16. The van der Waals surface area contributed by atoms with E-state index >= 15 is 0 Å². The van der Waals surface area contributed by atoms with Gasteiger partial charge >= 0.3 is 0 Å². The molecule has 0 bridgehead atoms. The van der Waals surface area contributed by atoms with Crippen LogP contribution in [-0.4, -0.2) is 0 Å². The molecule has 0 radical (unpaired) electrons. The Kier molecular flexibility index (Phi) is 4.76. The zero-order valence-corrected chi connectivity index (χ0v) is 10.1. The van der Waals surface area contributed by atoms with E-state index in [-0.39, 0.29) is 0 Å². The van der Waals surface area contributed by atoms with E-state index in [4.69, 9.17) is 0 Å². The molecule has 1 saturated carbocycles. The molecule has 0 aliphatic heterocycles. The molecule has 1 atom stereocenters. The monoisotopic (exact) mass is 206 g/mol. The van der Waals surface area contributed by atoms with Gasteiger partial charge in [-0.15, -0.1) is 0 Å². The van der Waals surface area contributed by atoms with Crippen molar-refractivity contribution in [2.24, 2.45) is 5.92 Å². The van der Waals surface area contributed by atoms with Gasteiger partial charge in [0.2, 0.25) is 0 Å². The molecule has 0 nitrogen and oxygen atoms in total. The number of hydrogen-bond donors (Lipinski definition) is 0. The molecular weight excluding hydrogens is 180 g/mol. The summed E-state index contributed by atoms with van der Waals surface area (Å²) < 4.78 is 0. The van der Waals surface area contributed by atoms with Crippen molar-refractivity contribution < 1.29 is 0 Å². The van der Waals surface area contributed by atoms with Gasteiger partial charge in [0, 0.05) is 0 Å². The third-order valence-corrected chi connectivity index (χ3v) is 4.01.